The van der Waals surface area contributed by atoms with Crippen molar-refractivity contribution >= 4 is 51.2 Å². The molecule has 1 atom stereocenters. The third-order valence-corrected chi connectivity index (χ3v) is 5.55. The Balaban J connectivity index is 1.93. The van der Waals surface area contributed by atoms with E-state index < -0.39 is 12.0 Å². The van der Waals surface area contributed by atoms with Gasteiger partial charge in [0.1, 0.15) is 11.9 Å². The first-order valence-corrected chi connectivity index (χ1v) is 11.5. The average Bonchev–Trinajstić information content (AvgIpc) is 2.72. The van der Waals surface area contributed by atoms with E-state index in [9.17, 15) is 9.18 Å². The van der Waals surface area contributed by atoms with Gasteiger partial charge in [0.25, 0.3) is 0 Å². The van der Waals surface area contributed by atoms with Crippen LogP contribution in [0.3, 0.4) is 0 Å². The van der Waals surface area contributed by atoms with E-state index in [1.165, 1.54) is 31.0 Å². The molecular formula is C22H23BrFN5O2S. The molecule has 0 bridgehead atoms. The second-order valence-electron chi connectivity index (χ2n) is 7.31. The van der Waals surface area contributed by atoms with Crippen LogP contribution in [-0.2, 0) is 9.53 Å². The lowest BCUT2D eigenvalue weighted by Crippen LogP contribution is -2.33. The number of carbonyl (C=O) groups excluding carboxylic acids is 1. The molecule has 10 heteroatoms. The Bertz CT molecular complexity index is 1020. The molecule has 0 amide bonds. The summed E-state index contributed by atoms with van der Waals surface area (Å²) >= 11 is 4.79. The first kappa shape index (κ1) is 23.9. The van der Waals surface area contributed by atoms with Crippen molar-refractivity contribution in [1.29, 1.82) is 0 Å². The third kappa shape index (κ3) is 7.16. The molecule has 3 rings (SSSR count). The normalized spacial score (nSPS) is 11.8. The smallest absolute Gasteiger partial charge is 0.328 e. The number of hydrogen-bond acceptors (Lipinski definition) is 8. The van der Waals surface area contributed by atoms with Gasteiger partial charge < -0.3 is 15.4 Å². The summed E-state index contributed by atoms with van der Waals surface area (Å²) in [5.74, 6) is -0.103. The van der Waals surface area contributed by atoms with Gasteiger partial charge in [-0.3, -0.25) is 0 Å². The highest BCUT2D eigenvalue weighted by Crippen LogP contribution is 2.29. The maximum Gasteiger partial charge on any atom is 0.328 e. The Morgan fingerprint density at radius 1 is 1.12 bits per heavy atom. The molecular weight excluding hydrogens is 497 g/mol. The van der Waals surface area contributed by atoms with Crippen molar-refractivity contribution < 1.29 is 13.9 Å². The molecule has 2 N–H and O–H groups in total. The molecule has 1 aromatic heterocycles. The topological polar surface area (TPSA) is 89.0 Å². The van der Waals surface area contributed by atoms with Crippen molar-refractivity contribution in [3.05, 3.63) is 58.8 Å². The second-order valence-corrected chi connectivity index (χ2v) is 9.27. The highest BCUT2D eigenvalue weighted by Gasteiger charge is 2.22. The molecule has 0 aliphatic rings. The zero-order valence-electron chi connectivity index (χ0n) is 17.8. The summed E-state index contributed by atoms with van der Waals surface area (Å²) < 4.78 is 19.5. The summed E-state index contributed by atoms with van der Waals surface area (Å²) in [6, 6.07) is 13.1. The Morgan fingerprint density at radius 2 is 1.88 bits per heavy atom. The molecule has 1 heterocycles. The number of rotatable bonds is 9. The summed E-state index contributed by atoms with van der Waals surface area (Å²) in [4.78, 5) is 26.5. The molecule has 0 aliphatic carbocycles. The quantitative estimate of drug-likeness (QED) is 0.349. The lowest BCUT2D eigenvalue weighted by atomic mass is 10.0. The van der Waals surface area contributed by atoms with E-state index in [1.807, 2.05) is 38.1 Å². The average molecular weight is 520 g/mol. The number of halogens is 2. The van der Waals surface area contributed by atoms with Crippen LogP contribution in [0.4, 0.5) is 22.0 Å². The van der Waals surface area contributed by atoms with Gasteiger partial charge >= 0.3 is 5.97 Å². The Hall–Kier alpha value is -2.72. The first-order valence-electron chi connectivity index (χ1n) is 9.89. The zero-order valence-corrected chi connectivity index (χ0v) is 20.2. The Labute approximate surface area is 198 Å². The van der Waals surface area contributed by atoms with Crippen molar-refractivity contribution in [1.82, 2.24) is 15.0 Å². The van der Waals surface area contributed by atoms with Crippen LogP contribution in [0.25, 0.3) is 0 Å². The standard InChI is InChI=1S/C22H23BrFN5O2S/c1-13(2)10-18(19(30)31-3)26-21-27-20(25-16-8-5-7-15(24)12-16)28-22(29-21)32-17-9-4-6-14(23)11-17/h4-9,11-13,18H,10H2,1-3H3,(H2,25,26,27,28,29)/t18-/m0/s1. The molecule has 0 aliphatic heterocycles. The van der Waals surface area contributed by atoms with Crippen LogP contribution in [-0.4, -0.2) is 34.1 Å². The van der Waals surface area contributed by atoms with E-state index in [0.29, 0.717) is 17.3 Å². The fourth-order valence-corrected chi connectivity index (χ4v) is 4.20. The Morgan fingerprint density at radius 3 is 2.56 bits per heavy atom. The summed E-state index contributed by atoms with van der Waals surface area (Å²) in [5.41, 5.74) is 0.493. The lowest BCUT2D eigenvalue weighted by Gasteiger charge is -2.19. The van der Waals surface area contributed by atoms with Crippen LogP contribution in [0, 0.1) is 11.7 Å². The van der Waals surface area contributed by atoms with Crippen LogP contribution in [0.1, 0.15) is 20.3 Å². The molecule has 3 aromatic rings. The van der Waals surface area contributed by atoms with E-state index in [-0.39, 0.29) is 23.6 Å². The number of benzene rings is 2. The summed E-state index contributed by atoms with van der Waals surface area (Å²) in [6.07, 6.45) is 0.541. The van der Waals surface area contributed by atoms with Crippen LogP contribution in [0.5, 0.6) is 0 Å². The first-order chi connectivity index (χ1) is 15.3. The van der Waals surface area contributed by atoms with Gasteiger partial charge in [-0.1, -0.05) is 41.9 Å². The number of esters is 1. The molecule has 7 nitrogen and oxygen atoms in total. The zero-order chi connectivity index (χ0) is 23.1. The van der Waals surface area contributed by atoms with Gasteiger partial charge in [0, 0.05) is 15.1 Å². The number of ether oxygens (including phenoxy) is 1. The molecule has 0 radical (unpaired) electrons. The fraction of sp³-hybridized carbons (Fsp3) is 0.273. The molecule has 0 spiro atoms. The highest BCUT2D eigenvalue weighted by molar-refractivity contribution is 9.10. The SMILES string of the molecule is COC(=O)[C@H](CC(C)C)Nc1nc(Nc2cccc(F)c2)nc(Sc2cccc(Br)c2)n1. The van der Waals surface area contributed by atoms with Crippen molar-refractivity contribution in [2.75, 3.05) is 17.7 Å². The maximum absolute atomic E-state index is 13.6. The highest BCUT2D eigenvalue weighted by atomic mass is 79.9. The maximum atomic E-state index is 13.6. The van der Waals surface area contributed by atoms with Gasteiger partial charge in [-0.25, -0.2) is 9.18 Å². The monoisotopic (exact) mass is 519 g/mol. The van der Waals surface area contributed by atoms with E-state index >= 15 is 0 Å². The van der Waals surface area contributed by atoms with Crippen LogP contribution in [0.2, 0.25) is 0 Å². The summed E-state index contributed by atoms with van der Waals surface area (Å²) in [6.45, 7) is 4.02. The van der Waals surface area contributed by atoms with Gasteiger partial charge in [-0.05, 0) is 60.5 Å². The van der Waals surface area contributed by atoms with Crippen LogP contribution < -0.4 is 10.6 Å². The second kappa shape index (κ2) is 11.2. The predicted octanol–water partition coefficient (Wildman–Crippen LogP) is 5.67. The fourth-order valence-electron chi connectivity index (χ4n) is 2.84. The van der Waals surface area contributed by atoms with Crippen LogP contribution >= 0.6 is 27.7 Å². The van der Waals surface area contributed by atoms with E-state index in [1.54, 1.807) is 12.1 Å². The number of aromatic nitrogens is 3. The lowest BCUT2D eigenvalue weighted by molar-refractivity contribution is -0.141. The van der Waals surface area contributed by atoms with Gasteiger partial charge in [-0.2, -0.15) is 15.0 Å². The minimum absolute atomic E-state index is 0.215. The molecule has 168 valence electrons. The number of carbonyl (C=O) groups is 1. The minimum Gasteiger partial charge on any atom is -0.467 e. The Kier molecular flexibility index (Phi) is 8.40. The van der Waals surface area contributed by atoms with Crippen molar-refractivity contribution in [2.45, 2.75) is 36.4 Å². The van der Waals surface area contributed by atoms with Crippen LogP contribution in [0.15, 0.2) is 63.1 Å². The number of methoxy groups -OCH3 is 1. The number of nitrogens with zero attached hydrogens (tertiary/aromatic N) is 3. The number of anilines is 3. The number of hydrogen-bond donors (Lipinski definition) is 2. The summed E-state index contributed by atoms with van der Waals surface area (Å²) in [5, 5.41) is 6.47. The van der Waals surface area contributed by atoms with Gasteiger partial charge in [0.2, 0.25) is 11.9 Å². The van der Waals surface area contributed by atoms with E-state index in [4.69, 9.17) is 4.74 Å². The predicted molar refractivity (Wildman–Crippen MR) is 127 cm³/mol. The molecule has 0 fully saturated rings. The van der Waals surface area contributed by atoms with E-state index in [0.717, 1.165) is 9.37 Å². The van der Waals surface area contributed by atoms with E-state index in [2.05, 4.69) is 41.5 Å². The molecule has 0 saturated carbocycles. The van der Waals surface area contributed by atoms with Gasteiger partial charge in [0.15, 0.2) is 5.16 Å². The largest absolute Gasteiger partial charge is 0.467 e. The molecule has 2 aromatic carbocycles. The van der Waals surface area contributed by atoms with Crippen molar-refractivity contribution in [3.8, 4) is 0 Å². The number of nitrogens with one attached hydrogen (secondary N) is 2. The van der Waals surface area contributed by atoms with Gasteiger partial charge in [-0.15, -0.1) is 0 Å². The third-order valence-electron chi connectivity index (χ3n) is 4.20. The van der Waals surface area contributed by atoms with Crippen molar-refractivity contribution in [2.24, 2.45) is 5.92 Å². The van der Waals surface area contributed by atoms with Gasteiger partial charge in [0.05, 0.1) is 7.11 Å². The van der Waals surface area contributed by atoms with Crippen molar-refractivity contribution in [3.63, 3.8) is 0 Å². The molecule has 0 unspecified atom stereocenters. The summed E-state index contributed by atoms with van der Waals surface area (Å²) in [7, 11) is 1.34. The molecule has 0 saturated heterocycles. The molecule has 32 heavy (non-hydrogen) atoms. The minimum atomic E-state index is -0.617.